The van der Waals surface area contributed by atoms with Gasteiger partial charge in [-0.2, -0.15) is 0 Å². The summed E-state index contributed by atoms with van der Waals surface area (Å²) in [4.78, 5) is 14.3. The monoisotopic (exact) mass is 295 g/mol. The van der Waals surface area contributed by atoms with Crippen LogP contribution in [0.3, 0.4) is 0 Å². The summed E-state index contributed by atoms with van der Waals surface area (Å²) in [6, 6.07) is 7.90. The number of carbonyl (C=O) groups is 1. The Morgan fingerprint density at radius 3 is 2.75 bits per heavy atom. The molecular weight excluding hydrogens is 274 g/mol. The van der Waals surface area contributed by atoms with Crippen LogP contribution < -0.4 is 0 Å². The highest BCUT2D eigenvalue weighted by atomic mass is 35.5. The van der Waals surface area contributed by atoms with Gasteiger partial charge in [-0.3, -0.25) is 9.69 Å². The molecule has 0 radical (unpaired) electrons. The lowest BCUT2D eigenvalue weighted by Gasteiger charge is -2.31. The lowest BCUT2D eigenvalue weighted by Crippen LogP contribution is -2.39. The molecule has 0 aliphatic carbocycles. The highest BCUT2D eigenvalue weighted by molar-refractivity contribution is 6.30. The van der Waals surface area contributed by atoms with Crippen LogP contribution in [0.25, 0.3) is 0 Å². The Morgan fingerprint density at radius 1 is 1.40 bits per heavy atom. The lowest BCUT2D eigenvalue weighted by molar-refractivity contribution is -0.154. The van der Waals surface area contributed by atoms with Crippen LogP contribution in [0.2, 0.25) is 5.02 Å². The van der Waals surface area contributed by atoms with Crippen LogP contribution in [-0.4, -0.2) is 30.1 Å². The molecule has 1 heterocycles. The first-order valence-corrected chi connectivity index (χ1v) is 7.59. The summed E-state index contributed by atoms with van der Waals surface area (Å²) in [6.45, 7) is 6.48. The van der Waals surface area contributed by atoms with E-state index >= 15 is 0 Å². The standard InChI is InChI=1S/C16H22ClNO2/c1-12(2)20-16(19)14-4-3-9-18(11-14)10-13-5-7-15(17)8-6-13/h5-8,12,14H,3-4,9-11H2,1-2H3. The first-order valence-electron chi connectivity index (χ1n) is 7.22. The van der Waals surface area contributed by atoms with Gasteiger partial charge in [0.1, 0.15) is 0 Å². The largest absolute Gasteiger partial charge is 0.463 e. The highest BCUT2D eigenvalue weighted by Gasteiger charge is 2.27. The smallest absolute Gasteiger partial charge is 0.310 e. The summed E-state index contributed by atoms with van der Waals surface area (Å²) in [6.07, 6.45) is 1.95. The van der Waals surface area contributed by atoms with Crippen molar-refractivity contribution < 1.29 is 9.53 Å². The molecule has 0 saturated carbocycles. The average molecular weight is 296 g/mol. The zero-order chi connectivity index (χ0) is 14.5. The number of halogens is 1. The third-order valence-electron chi connectivity index (χ3n) is 3.51. The van der Waals surface area contributed by atoms with Gasteiger partial charge in [-0.15, -0.1) is 0 Å². The molecule has 1 atom stereocenters. The number of hydrogen-bond acceptors (Lipinski definition) is 3. The number of rotatable bonds is 4. The number of hydrogen-bond donors (Lipinski definition) is 0. The van der Waals surface area contributed by atoms with Crippen LogP contribution in [0.15, 0.2) is 24.3 Å². The number of likely N-dealkylation sites (tertiary alicyclic amines) is 1. The van der Waals surface area contributed by atoms with Gasteiger partial charge < -0.3 is 4.74 Å². The lowest BCUT2D eigenvalue weighted by atomic mass is 9.97. The zero-order valence-corrected chi connectivity index (χ0v) is 12.9. The van der Waals surface area contributed by atoms with Gasteiger partial charge in [0.05, 0.1) is 12.0 Å². The van der Waals surface area contributed by atoms with E-state index in [1.807, 2.05) is 38.1 Å². The Labute approximate surface area is 125 Å². The van der Waals surface area contributed by atoms with Crippen molar-refractivity contribution in [2.45, 2.75) is 39.3 Å². The molecule has 1 saturated heterocycles. The number of esters is 1. The minimum Gasteiger partial charge on any atom is -0.463 e. The molecule has 20 heavy (non-hydrogen) atoms. The molecule has 4 heteroatoms. The molecule has 2 rings (SSSR count). The summed E-state index contributed by atoms with van der Waals surface area (Å²) < 4.78 is 5.32. The van der Waals surface area contributed by atoms with E-state index in [1.165, 1.54) is 5.56 Å². The number of nitrogens with zero attached hydrogens (tertiary/aromatic N) is 1. The Kier molecular flexibility index (Phi) is 5.44. The van der Waals surface area contributed by atoms with Crippen molar-refractivity contribution >= 4 is 17.6 Å². The molecule has 1 fully saturated rings. The van der Waals surface area contributed by atoms with Gasteiger partial charge in [0, 0.05) is 18.1 Å². The minimum atomic E-state index is -0.0548. The maximum atomic E-state index is 12.0. The van der Waals surface area contributed by atoms with Crippen LogP contribution >= 0.6 is 11.6 Å². The number of ether oxygens (including phenoxy) is 1. The van der Waals surface area contributed by atoms with Gasteiger partial charge in [0.15, 0.2) is 0 Å². The van der Waals surface area contributed by atoms with Gasteiger partial charge in [-0.05, 0) is 50.9 Å². The molecule has 0 bridgehead atoms. The van der Waals surface area contributed by atoms with Crippen molar-refractivity contribution in [2.75, 3.05) is 13.1 Å². The first-order chi connectivity index (χ1) is 9.54. The molecule has 0 N–H and O–H groups in total. The molecule has 1 aromatic rings. The van der Waals surface area contributed by atoms with Gasteiger partial charge in [-0.25, -0.2) is 0 Å². The summed E-state index contributed by atoms with van der Waals surface area (Å²) in [7, 11) is 0. The quantitative estimate of drug-likeness (QED) is 0.796. The van der Waals surface area contributed by atoms with Crippen molar-refractivity contribution in [3.8, 4) is 0 Å². The number of carbonyl (C=O) groups excluding carboxylic acids is 1. The van der Waals surface area contributed by atoms with E-state index in [9.17, 15) is 4.79 Å². The average Bonchev–Trinajstić information content (AvgIpc) is 2.41. The van der Waals surface area contributed by atoms with Crippen LogP contribution in [0.4, 0.5) is 0 Å². The van der Waals surface area contributed by atoms with Gasteiger partial charge in [-0.1, -0.05) is 23.7 Å². The van der Waals surface area contributed by atoms with E-state index in [-0.39, 0.29) is 18.0 Å². The van der Waals surface area contributed by atoms with E-state index in [0.717, 1.165) is 37.5 Å². The van der Waals surface area contributed by atoms with Gasteiger partial charge in [0.25, 0.3) is 0 Å². The number of benzene rings is 1. The molecule has 110 valence electrons. The van der Waals surface area contributed by atoms with Gasteiger partial charge in [0.2, 0.25) is 0 Å². The second kappa shape index (κ2) is 7.09. The van der Waals surface area contributed by atoms with Crippen LogP contribution in [0.1, 0.15) is 32.3 Å². The van der Waals surface area contributed by atoms with Crippen molar-refractivity contribution in [3.63, 3.8) is 0 Å². The normalized spacial score (nSPS) is 20.1. The van der Waals surface area contributed by atoms with E-state index in [4.69, 9.17) is 16.3 Å². The molecule has 0 aromatic heterocycles. The molecule has 3 nitrogen and oxygen atoms in total. The fourth-order valence-corrected chi connectivity index (χ4v) is 2.69. The molecule has 1 aliphatic heterocycles. The third kappa shape index (κ3) is 4.50. The highest BCUT2D eigenvalue weighted by Crippen LogP contribution is 2.21. The molecular formula is C16H22ClNO2. The molecule has 1 aromatic carbocycles. The Morgan fingerprint density at radius 2 is 2.10 bits per heavy atom. The predicted octanol–water partition coefficient (Wildman–Crippen LogP) is 3.50. The second-order valence-electron chi connectivity index (χ2n) is 5.69. The fraction of sp³-hybridized carbons (Fsp3) is 0.562. The minimum absolute atomic E-state index is 0.0125. The van der Waals surface area contributed by atoms with E-state index in [1.54, 1.807) is 0 Å². The summed E-state index contributed by atoms with van der Waals surface area (Å²) >= 11 is 5.89. The summed E-state index contributed by atoms with van der Waals surface area (Å²) in [5, 5.41) is 0.755. The molecule has 1 unspecified atom stereocenters. The van der Waals surface area contributed by atoms with Crippen molar-refractivity contribution in [1.82, 2.24) is 4.90 Å². The molecule has 0 amide bonds. The van der Waals surface area contributed by atoms with E-state index in [0.29, 0.717) is 0 Å². The Hall–Kier alpha value is -1.06. The van der Waals surface area contributed by atoms with Crippen LogP contribution in [0.5, 0.6) is 0 Å². The predicted molar refractivity (Wildman–Crippen MR) is 80.7 cm³/mol. The first kappa shape index (κ1) is 15.3. The van der Waals surface area contributed by atoms with Crippen molar-refractivity contribution in [1.29, 1.82) is 0 Å². The maximum Gasteiger partial charge on any atom is 0.310 e. The van der Waals surface area contributed by atoms with Crippen LogP contribution in [0, 0.1) is 5.92 Å². The third-order valence-corrected chi connectivity index (χ3v) is 3.76. The number of piperidine rings is 1. The topological polar surface area (TPSA) is 29.5 Å². The fourth-order valence-electron chi connectivity index (χ4n) is 2.57. The molecule has 0 spiro atoms. The molecule has 1 aliphatic rings. The maximum absolute atomic E-state index is 12.0. The zero-order valence-electron chi connectivity index (χ0n) is 12.1. The Bertz CT molecular complexity index is 444. The van der Waals surface area contributed by atoms with Crippen LogP contribution in [-0.2, 0) is 16.1 Å². The van der Waals surface area contributed by atoms with E-state index < -0.39 is 0 Å². The van der Waals surface area contributed by atoms with E-state index in [2.05, 4.69) is 4.90 Å². The summed E-state index contributed by atoms with van der Waals surface area (Å²) in [5.41, 5.74) is 1.23. The second-order valence-corrected chi connectivity index (χ2v) is 6.12. The van der Waals surface area contributed by atoms with Gasteiger partial charge >= 0.3 is 5.97 Å². The van der Waals surface area contributed by atoms with Crippen molar-refractivity contribution in [2.24, 2.45) is 5.92 Å². The van der Waals surface area contributed by atoms with Crippen molar-refractivity contribution in [3.05, 3.63) is 34.9 Å². The SMILES string of the molecule is CC(C)OC(=O)C1CCCN(Cc2ccc(Cl)cc2)C1. The summed E-state index contributed by atoms with van der Waals surface area (Å²) in [5.74, 6) is -0.0424. The Balaban J connectivity index is 1.90.